The number of nitrogens with zero attached hydrogens (tertiary/aromatic N) is 1. The highest BCUT2D eigenvalue weighted by molar-refractivity contribution is 6.30. The van der Waals surface area contributed by atoms with Crippen molar-refractivity contribution in [3.8, 4) is 0 Å². The highest BCUT2D eigenvalue weighted by Crippen LogP contribution is 2.14. The van der Waals surface area contributed by atoms with Crippen molar-refractivity contribution in [2.45, 2.75) is 46.3 Å². The van der Waals surface area contributed by atoms with Gasteiger partial charge in [0.25, 0.3) is 0 Å². The van der Waals surface area contributed by atoms with Gasteiger partial charge in [0, 0.05) is 24.5 Å². The van der Waals surface area contributed by atoms with Crippen LogP contribution in [0.3, 0.4) is 0 Å². The molecule has 1 unspecified atom stereocenters. The van der Waals surface area contributed by atoms with Crippen LogP contribution in [0.4, 0.5) is 0 Å². The van der Waals surface area contributed by atoms with Crippen LogP contribution in [0.25, 0.3) is 0 Å². The minimum atomic E-state index is -0.552. The average Bonchev–Trinajstić information content (AvgIpc) is 2.65. The molecule has 5 heteroatoms. The van der Waals surface area contributed by atoms with E-state index in [-0.39, 0.29) is 11.8 Å². The van der Waals surface area contributed by atoms with Gasteiger partial charge in [-0.1, -0.05) is 60.5 Å². The third-order valence-corrected chi connectivity index (χ3v) is 4.58. The molecule has 0 aromatic heterocycles. The zero-order chi connectivity index (χ0) is 19.1. The van der Waals surface area contributed by atoms with Crippen molar-refractivity contribution < 1.29 is 9.59 Å². The van der Waals surface area contributed by atoms with E-state index in [4.69, 9.17) is 11.6 Å². The third kappa shape index (κ3) is 5.60. The molecule has 0 saturated carbocycles. The summed E-state index contributed by atoms with van der Waals surface area (Å²) >= 11 is 5.92. The van der Waals surface area contributed by atoms with E-state index in [0.29, 0.717) is 24.5 Å². The van der Waals surface area contributed by atoms with Crippen molar-refractivity contribution in [1.82, 2.24) is 10.2 Å². The molecular weight excluding hydrogens is 348 g/mol. The number of benzene rings is 2. The van der Waals surface area contributed by atoms with Crippen molar-refractivity contribution in [2.75, 3.05) is 0 Å². The van der Waals surface area contributed by atoms with Crippen molar-refractivity contribution in [3.63, 3.8) is 0 Å². The van der Waals surface area contributed by atoms with Crippen molar-refractivity contribution in [3.05, 3.63) is 70.2 Å². The fourth-order valence-corrected chi connectivity index (χ4v) is 2.74. The van der Waals surface area contributed by atoms with Crippen LogP contribution in [0.15, 0.2) is 48.5 Å². The number of amides is 2. The maximum absolute atomic E-state index is 12.6. The molecule has 4 nitrogen and oxygen atoms in total. The van der Waals surface area contributed by atoms with Crippen LogP contribution in [0, 0.1) is 6.92 Å². The van der Waals surface area contributed by atoms with Crippen LogP contribution in [0.5, 0.6) is 0 Å². The van der Waals surface area contributed by atoms with E-state index < -0.39 is 6.04 Å². The average molecular weight is 373 g/mol. The van der Waals surface area contributed by atoms with E-state index in [2.05, 4.69) is 5.32 Å². The number of halogens is 1. The first-order valence-corrected chi connectivity index (χ1v) is 9.15. The lowest BCUT2D eigenvalue weighted by Crippen LogP contribution is -2.47. The Balaban J connectivity index is 2.03. The minimum Gasteiger partial charge on any atom is -0.350 e. The first-order chi connectivity index (χ1) is 12.4. The Kier molecular flexibility index (Phi) is 7.22. The van der Waals surface area contributed by atoms with Gasteiger partial charge in [-0.25, -0.2) is 0 Å². The molecular formula is C21H25ClN2O2. The first-order valence-electron chi connectivity index (χ1n) is 8.78. The summed E-state index contributed by atoms with van der Waals surface area (Å²) < 4.78 is 0. The Morgan fingerprint density at radius 2 is 1.62 bits per heavy atom. The number of hydrogen-bond donors (Lipinski definition) is 1. The quantitative estimate of drug-likeness (QED) is 0.795. The van der Waals surface area contributed by atoms with Gasteiger partial charge in [-0.2, -0.15) is 0 Å². The monoisotopic (exact) mass is 372 g/mol. The fourth-order valence-electron chi connectivity index (χ4n) is 2.62. The van der Waals surface area contributed by atoms with Gasteiger partial charge in [0.05, 0.1) is 0 Å². The number of aryl methyl sites for hydroxylation is 1. The molecule has 0 fully saturated rings. The molecule has 26 heavy (non-hydrogen) atoms. The molecule has 2 amide bonds. The van der Waals surface area contributed by atoms with Crippen molar-refractivity contribution in [1.29, 1.82) is 0 Å². The Morgan fingerprint density at radius 3 is 2.19 bits per heavy atom. The molecule has 0 saturated heterocycles. The van der Waals surface area contributed by atoms with E-state index in [0.717, 1.165) is 11.1 Å². The molecule has 1 atom stereocenters. The van der Waals surface area contributed by atoms with Crippen molar-refractivity contribution >= 4 is 23.4 Å². The zero-order valence-corrected chi connectivity index (χ0v) is 16.2. The molecule has 0 spiro atoms. The van der Waals surface area contributed by atoms with E-state index in [1.165, 1.54) is 5.56 Å². The summed E-state index contributed by atoms with van der Waals surface area (Å²) in [5.74, 6) is -0.223. The highest BCUT2D eigenvalue weighted by Gasteiger charge is 2.24. The molecule has 2 rings (SSSR count). The molecule has 0 heterocycles. The molecule has 138 valence electrons. The maximum atomic E-state index is 12.6. The number of carbonyl (C=O) groups excluding carboxylic acids is 2. The summed E-state index contributed by atoms with van der Waals surface area (Å²) in [6, 6.07) is 14.8. The second-order valence-electron chi connectivity index (χ2n) is 6.38. The van der Waals surface area contributed by atoms with E-state index in [1.54, 1.807) is 30.9 Å². The van der Waals surface area contributed by atoms with E-state index in [9.17, 15) is 9.59 Å². The summed E-state index contributed by atoms with van der Waals surface area (Å²) in [6.45, 7) is 6.40. The van der Waals surface area contributed by atoms with E-state index >= 15 is 0 Å². The van der Waals surface area contributed by atoms with Crippen LogP contribution in [0.1, 0.15) is 37.0 Å². The summed E-state index contributed by atoms with van der Waals surface area (Å²) in [5.41, 5.74) is 3.15. The molecule has 0 bridgehead atoms. The molecule has 0 aliphatic heterocycles. The van der Waals surface area contributed by atoms with Gasteiger partial charge in [0.1, 0.15) is 6.04 Å². The summed E-state index contributed by atoms with van der Waals surface area (Å²) in [4.78, 5) is 26.5. The van der Waals surface area contributed by atoms with Gasteiger partial charge in [0.15, 0.2) is 0 Å². The lowest BCUT2D eigenvalue weighted by atomic mass is 10.1. The number of hydrogen-bond acceptors (Lipinski definition) is 2. The zero-order valence-electron chi connectivity index (χ0n) is 15.5. The first kappa shape index (κ1) is 20.0. The van der Waals surface area contributed by atoms with Crippen LogP contribution in [-0.4, -0.2) is 22.8 Å². The predicted molar refractivity (Wildman–Crippen MR) is 105 cm³/mol. The maximum Gasteiger partial charge on any atom is 0.242 e. The molecule has 1 N–H and O–H groups in total. The third-order valence-electron chi connectivity index (χ3n) is 4.32. The summed E-state index contributed by atoms with van der Waals surface area (Å²) in [5, 5.41) is 3.56. The summed E-state index contributed by atoms with van der Waals surface area (Å²) in [6.07, 6.45) is 0.350. The molecule has 0 aliphatic rings. The fraction of sp³-hybridized carbons (Fsp3) is 0.333. The van der Waals surface area contributed by atoms with Gasteiger partial charge in [0.2, 0.25) is 11.8 Å². The molecule has 0 aliphatic carbocycles. The standard InChI is InChI=1S/C21H25ClN2O2/c1-4-20(25)24(14-18-9-11-19(22)12-10-18)16(3)21(26)23-13-17-7-5-15(2)6-8-17/h5-12,16H,4,13-14H2,1-3H3,(H,23,26). The topological polar surface area (TPSA) is 49.4 Å². The second kappa shape index (κ2) is 9.39. The Bertz CT molecular complexity index is 742. The van der Waals surface area contributed by atoms with Gasteiger partial charge in [-0.15, -0.1) is 0 Å². The molecule has 2 aromatic rings. The highest BCUT2D eigenvalue weighted by atomic mass is 35.5. The van der Waals surface area contributed by atoms with Gasteiger partial charge < -0.3 is 10.2 Å². The Labute approximate surface area is 160 Å². The van der Waals surface area contributed by atoms with Crippen molar-refractivity contribution in [2.24, 2.45) is 0 Å². The smallest absolute Gasteiger partial charge is 0.242 e. The lowest BCUT2D eigenvalue weighted by Gasteiger charge is -2.28. The Morgan fingerprint density at radius 1 is 1.04 bits per heavy atom. The van der Waals surface area contributed by atoms with Crippen LogP contribution < -0.4 is 5.32 Å². The number of carbonyl (C=O) groups is 2. The van der Waals surface area contributed by atoms with Gasteiger partial charge in [-0.05, 0) is 37.1 Å². The molecule has 0 radical (unpaired) electrons. The number of nitrogens with one attached hydrogen (secondary N) is 1. The Hall–Kier alpha value is -2.33. The predicted octanol–water partition coefficient (Wildman–Crippen LogP) is 4.09. The second-order valence-corrected chi connectivity index (χ2v) is 6.82. The van der Waals surface area contributed by atoms with Crippen LogP contribution in [0.2, 0.25) is 5.02 Å². The minimum absolute atomic E-state index is 0.0575. The lowest BCUT2D eigenvalue weighted by molar-refractivity contribution is -0.140. The SMILES string of the molecule is CCC(=O)N(Cc1ccc(Cl)cc1)C(C)C(=O)NCc1ccc(C)cc1. The van der Waals surface area contributed by atoms with Gasteiger partial charge >= 0.3 is 0 Å². The van der Waals surface area contributed by atoms with Crippen LogP contribution >= 0.6 is 11.6 Å². The number of rotatable bonds is 7. The van der Waals surface area contributed by atoms with E-state index in [1.807, 2.05) is 43.3 Å². The normalized spacial score (nSPS) is 11.7. The summed E-state index contributed by atoms with van der Waals surface area (Å²) in [7, 11) is 0. The molecule has 2 aromatic carbocycles. The van der Waals surface area contributed by atoms with Gasteiger partial charge in [-0.3, -0.25) is 9.59 Å². The van der Waals surface area contributed by atoms with Crippen LogP contribution in [-0.2, 0) is 22.7 Å². The largest absolute Gasteiger partial charge is 0.350 e.